The van der Waals surface area contributed by atoms with E-state index in [1.807, 2.05) is 74.6 Å². The van der Waals surface area contributed by atoms with Crippen LogP contribution in [0.2, 0.25) is 0 Å². The minimum Gasteiger partial charge on any atom is -0.494 e. The molecule has 0 unspecified atom stereocenters. The van der Waals surface area contributed by atoms with Crippen molar-refractivity contribution in [2.75, 3.05) is 31.6 Å². The fourth-order valence-corrected chi connectivity index (χ4v) is 4.44. The number of para-hydroxylation sites is 1. The van der Waals surface area contributed by atoms with Crippen molar-refractivity contribution in [2.24, 2.45) is 7.05 Å². The second-order valence-corrected chi connectivity index (χ2v) is 9.27. The highest BCUT2D eigenvalue weighted by atomic mass is 35.5. The molecule has 0 saturated carbocycles. The third-order valence-corrected chi connectivity index (χ3v) is 6.63. The van der Waals surface area contributed by atoms with E-state index in [0.717, 1.165) is 53.0 Å². The van der Waals surface area contributed by atoms with E-state index in [4.69, 9.17) is 4.74 Å². The summed E-state index contributed by atoms with van der Waals surface area (Å²) in [7, 11) is 3.61. The molecular weight excluding hydrogens is 535 g/mol. The van der Waals surface area contributed by atoms with Gasteiger partial charge < -0.3 is 14.2 Å². The molecule has 208 valence electrons. The van der Waals surface area contributed by atoms with Gasteiger partial charge in [0.2, 0.25) is 5.91 Å². The van der Waals surface area contributed by atoms with Gasteiger partial charge in [-0.05, 0) is 66.9 Å². The van der Waals surface area contributed by atoms with E-state index in [1.54, 1.807) is 35.0 Å². The van der Waals surface area contributed by atoms with E-state index in [9.17, 15) is 9.59 Å². The predicted molar refractivity (Wildman–Crippen MR) is 163 cm³/mol. The van der Waals surface area contributed by atoms with Gasteiger partial charge in [0.25, 0.3) is 5.56 Å². The van der Waals surface area contributed by atoms with Gasteiger partial charge >= 0.3 is 0 Å². The van der Waals surface area contributed by atoms with Crippen molar-refractivity contribution in [3.05, 3.63) is 101 Å². The van der Waals surface area contributed by atoms with Gasteiger partial charge in [0, 0.05) is 69.7 Å². The average Bonchev–Trinajstić information content (AvgIpc) is 2.92. The lowest BCUT2D eigenvalue weighted by Gasteiger charge is -2.24. The van der Waals surface area contributed by atoms with Crippen molar-refractivity contribution >= 4 is 47.3 Å². The van der Waals surface area contributed by atoms with E-state index in [2.05, 4.69) is 9.88 Å². The Kier molecular flexibility index (Phi) is 12.5. The highest BCUT2D eigenvalue weighted by molar-refractivity contribution is 5.93. The number of aryl methyl sites for hydroxylation is 2. The molecule has 0 aliphatic rings. The zero-order valence-electron chi connectivity index (χ0n) is 22.6. The highest BCUT2D eigenvalue weighted by Gasteiger charge is 2.15. The zero-order chi connectivity index (χ0) is 26.2. The number of hydrogen-bond acceptors (Lipinski definition) is 5. The number of nitrogens with zero attached hydrogens (tertiary/aromatic N) is 4. The summed E-state index contributed by atoms with van der Waals surface area (Å²) in [6, 6.07) is 21.1. The predicted octanol–water partition coefficient (Wildman–Crippen LogP) is 5.41. The van der Waals surface area contributed by atoms with Crippen molar-refractivity contribution in [1.29, 1.82) is 0 Å². The summed E-state index contributed by atoms with van der Waals surface area (Å²) >= 11 is 0. The second-order valence-electron chi connectivity index (χ2n) is 9.27. The molecule has 4 rings (SSSR count). The van der Waals surface area contributed by atoms with E-state index in [0.29, 0.717) is 19.6 Å². The lowest BCUT2D eigenvalue weighted by Crippen LogP contribution is -2.33. The van der Waals surface area contributed by atoms with Crippen LogP contribution in [0.15, 0.2) is 83.9 Å². The number of halogens is 2. The summed E-state index contributed by atoms with van der Waals surface area (Å²) < 4.78 is 7.65. The molecule has 0 aliphatic carbocycles. The number of benzene rings is 2. The van der Waals surface area contributed by atoms with Crippen LogP contribution in [-0.2, 0) is 18.4 Å². The third kappa shape index (κ3) is 8.55. The molecule has 1 amide bonds. The maximum Gasteiger partial charge on any atom is 0.250 e. The summed E-state index contributed by atoms with van der Waals surface area (Å²) in [5, 5.41) is 0.968. The largest absolute Gasteiger partial charge is 0.494 e. The lowest BCUT2D eigenvalue weighted by atomic mass is 10.1. The van der Waals surface area contributed by atoms with Gasteiger partial charge in [0.05, 0.1) is 12.1 Å². The van der Waals surface area contributed by atoms with E-state index >= 15 is 0 Å². The van der Waals surface area contributed by atoms with Gasteiger partial charge in [0.1, 0.15) is 5.75 Å². The van der Waals surface area contributed by atoms with Gasteiger partial charge in [0.15, 0.2) is 0 Å². The van der Waals surface area contributed by atoms with Gasteiger partial charge in [-0.3, -0.25) is 19.5 Å². The van der Waals surface area contributed by atoms with Crippen molar-refractivity contribution < 1.29 is 9.53 Å². The summed E-state index contributed by atoms with van der Waals surface area (Å²) in [5.41, 5.74) is 4.04. The molecule has 2 heterocycles. The SMILES string of the molecule is Cc1ccccc1N(C)C(=O)CCN(CCCOc1ccc2c(ccc(=O)n2C)c1)Cc1ccncc1.Cl.Cl. The molecule has 2 aromatic heterocycles. The maximum absolute atomic E-state index is 13.0. The van der Waals surface area contributed by atoms with Gasteiger partial charge in [-0.15, -0.1) is 24.8 Å². The van der Waals surface area contributed by atoms with Crippen LogP contribution in [0.1, 0.15) is 24.0 Å². The smallest absolute Gasteiger partial charge is 0.250 e. The number of ether oxygens (including phenoxy) is 1. The molecule has 0 N–H and O–H groups in total. The van der Waals surface area contributed by atoms with Crippen LogP contribution in [0.25, 0.3) is 10.9 Å². The Labute approximate surface area is 242 Å². The fraction of sp³-hybridized carbons (Fsp3) is 0.300. The first-order valence-electron chi connectivity index (χ1n) is 12.6. The quantitative estimate of drug-likeness (QED) is 0.225. The summed E-state index contributed by atoms with van der Waals surface area (Å²) in [6.07, 6.45) is 4.84. The van der Waals surface area contributed by atoms with Crippen LogP contribution in [0.5, 0.6) is 5.75 Å². The van der Waals surface area contributed by atoms with Crippen molar-refractivity contribution in [3.63, 3.8) is 0 Å². The monoisotopic (exact) mass is 570 g/mol. The van der Waals surface area contributed by atoms with Crippen molar-refractivity contribution in [2.45, 2.75) is 26.3 Å². The van der Waals surface area contributed by atoms with E-state index < -0.39 is 0 Å². The van der Waals surface area contributed by atoms with Crippen LogP contribution in [0.3, 0.4) is 0 Å². The number of amides is 1. The second kappa shape index (κ2) is 15.3. The number of hydrogen-bond donors (Lipinski definition) is 0. The van der Waals surface area contributed by atoms with Crippen molar-refractivity contribution in [3.8, 4) is 5.75 Å². The molecule has 0 bridgehead atoms. The molecule has 0 aliphatic heterocycles. The summed E-state index contributed by atoms with van der Waals surface area (Å²) in [5.74, 6) is 0.873. The van der Waals surface area contributed by atoms with Crippen LogP contribution in [-0.4, -0.2) is 47.1 Å². The Morgan fingerprint density at radius 2 is 1.72 bits per heavy atom. The number of aromatic nitrogens is 2. The fourth-order valence-electron chi connectivity index (χ4n) is 4.44. The summed E-state index contributed by atoms with van der Waals surface area (Å²) in [6.45, 7) is 4.77. The van der Waals surface area contributed by atoms with Gasteiger partial charge in [-0.2, -0.15) is 0 Å². The third-order valence-electron chi connectivity index (χ3n) is 6.63. The van der Waals surface area contributed by atoms with E-state index in [-0.39, 0.29) is 36.3 Å². The Morgan fingerprint density at radius 1 is 0.974 bits per heavy atom. The molecule has 0 saturated heterocycles. The number of fused-ring (bicyclic) bond motifs is 1. The van der Waals surface area contributed by atoms with Crippen molar-refractivity contribution in [1.82, 2.24) is 14.5 Å². The Morgan fingerprint density at radius 3 is 2.46 bits per heavy atom. The molecule has 0 spiro atoms. The first kappa shape index (κ1) is 31.8. The highest BCUT2D eigenvalue weighted by Crippen LogP contribution is 2.20. The molecule has 2 aromatic carbocycles. The molecule has 0 radical (unpaired) electrons. The molecule has 9 heteroatoms. The first-order valence-corrected chi connectivity index (χ1v) is 12.6. The maximum atomic E-state index is 13.0. The average molecular weight is 572 g/mol. The number of rotatable bonds is 11. The van der Waals surface area contributed by atoms with Crippen LogP contribution in [0.4, 0.5) is 5.69 Å². The van der Waals surface area contributed by atoms with Crippen LogP contribution in [0, 0.1) is 6.92 Å². The van der Waals surface area contributed by atoms with Crippen LogP contribution >= 0.6 is 24.8 Å². The molecule has 0 atom stereocenters. The standard InChI is InChI=1S/C30H34N4O3.2ClH/c1-23-7-4-5-8-27(23)32(2)30(36)15-19-34(22-24-13-16-31-17-14-24)18-6-20-37-26-10-11-28-25(21-26)9-12-29(35)33(28)3;;/h4-5,7-14,16-17,21H,6,15,18-20,22H2,1-3H3;2*1H. The zero-order valence-corrected chi connectivity index (χ0v) is 24.2. The topological polar surface area (TPSA) is 67.7 Å². The Hall–Kier alpha value is -3.39. The molecule has 7 nitrogen and oxygen atoms in total. The van der Waals surface area contributed by atoms with Gasteiger partial charge in [-0.1, -0.05) is 18.2 Å². The number of pyridine rings is 2. The molecule has 4 aromatic rings. The summed E-state index contributed by atoms with van der Waals surface area (Å²) in [4.78, 5) is 33.0. The minimum absolute atomic E-state index is 0. The Bertz CT molecular complexity index is 1410. The number of anilines is 1. The normalized spacial score (nSPS) is 10.6. The van der Waals surface area contributed by atoms with Gasteiger partial charge in [-0.25, -0.2) is 0 Å². The molecule has 39 heavy (non-hydrogen) atoms. The first-order chi connectivity index (χ1) is 17.9. The Balaban J connectivity index is 0.00000267. The molecular formula is C30H36Cl2N4O3. The number of carbonyl (C=O) groups is 1. The lowest BCUT2D eigenvalue weighted by molar-refractivity contribution is -0.118. The van der Waals surface area contributed by atoms with E-state index in [1.165, 1.54) is 0 Å². The molecule has 0 fully saturated rings. The number of carbonyl (C=O) groups excluding carboxylic acids is 1. The minimum atomic E-state index is -0.0287. The van der Waals surface area contributed by atoms with Crippen LogP contribution < -0.4 is 15.2 Å².